The summed E-state index contributed by atoms with van der Waals surface area (Å²) < 4.78 is 13.8. The number of nitrogens with two attached hydrogens (primary N) is 1. The molecule has 1 atom stereocenters. The topological polar surface area (TPSA) is 55.1 Å². The molecule has 0 saturated carbocycles. The molecule has 1 aromatic rings. The Morgan fingerprint density at radius 1 is 1.45 bits per heavy atom. The van der Waals surface area contributed by atoms with E-state index < -0.39 is 11.2 Å². The average molecular weight is 327 g/mol. The summed E-state index contributed by atoms with van der Waals surface area (Å²) in [5.41, 5.74) is 5.41. The summed E-state index contributed by atoms with van der Waals surface area (Å²) in [5, 5.41) is 3.37. The van der Waals surface area contributed by atoms with Crippen LogP contribution in [0, 0.1) is 16.6 Å². The Labute approximate surface area is 136 Å². The van der Waals surface area contributed by atoms with Crippen LogP contribution in [0.25, 0.3) is 0 Å². The van der Waals surface area contributed by atoms with Gasteiger partial charge in [-0.2, -0.15) is 0 Å². The maximum absolute atomic E-state index is 13.8. The summed E-state index contributed by atoms with van der Waals surface area (Å²) >= 11 is 5.93. The number of nitrogen functional groups attached to an aromatic ring is 1. The SMILES string of the molecule is CC(C)(C)CC[C@@]1(C(=O)c2cc(F)c(N)c(Cl)c2)CCNC1. The zero-order valence-electron chi connectivity index (χ0n) is 13.4. The van der Waals surface area contributed by atoms with Crippen molar-refractivity contribution in [3.8, 4) is 0 Å². The van der Waals surface area contributed by atoms with Crippen LogP contribution in [-0.2, 0) is 0 Å². The second-order valence-electron chi connectivity index (χ2n) is 7.45. The summed E-state index contributed by atoms with van der Waals surface area (Å²) in [6.45, 7) is 7.92. The number of carbonyl (C=O) groups excluding carboxylic acids is 1. The van der Waals surface area contributed by atoms with Crippen molar-refractivity contribution in [3.63, 3.8) is 0 Å². The minimum Gasteiger partial charge on any atom is -0.395 e. The molecule has 0 spiro atoms. The first-order valence-corrected chi connectivity index (χ1v) is 8.02. The van der Waals surface area contributed by atoms with E-state index in [0.717, 1.165) is 25.8 Å². The Bertz CT molecular complexity index is 552. The fourth-order valence-corrected chi connectivity index (χ4v) is 3.11. The molecule has 5 heteroatoms. The van der Waals surface area contributed by atoms with Crippen molar-refractivity contribution in [1.29, 1.82) is 0 Å². The number of nitrogens with one attached hydrogen (secondary N) is 1. The van der Waals surface area contributed by atoms with Gasteiger partial charge in [-0.05, 0) is 43.4 Å². The molecule has 22 heavy (non-hydrogen) atoms. The lowest BCUT2D eigenvalue weighted by molar-refractivity contribution is 0.0783. The highest BCUT2D eigenvalue weighted by atomic mass is 35.5. The summed E-state index contributed by atoms with van der Waals surface area (Å²) in [6, 6.07) is 2.69. The third-order valence-corrected chi connectivity index (χ3v) is 4.73. The van der Waals surface area contributed by atoms with Crippen molar-refractivity contribution in [3.05, 3.63) is 28.5 Å². The smallest absolute Gasteiger partial charge is 0.170 e. The molecule has 0 aromatic heterocycles. The molecule has 1 aliphatic heterocycles. The number of ketones is 1. The van der Waals surface area contributed by atoms with Crippen molar-refractivity contribution < 1.29 is 9.18 Å². The monoisotopic (exact) mass is 326 g/mol. The summed E-state index contributed by atoms with van der Waals surface area (Å²) in [5.74, 6) is -0.671. The van der Waals surface area contributed by atoms with E-state index in [1.807, 2.05) is 0 Å². The van der Waals surface area contributed by atoms with Crippen LogP contribution in [0.3, 0.4) is 0 Å². The zero-order chi connectivity index (χ0) is 16.5. The molecule has 1 aromatic carbocycles. The third kappa shape index (κ3) is 3.61. The number of carbonyl (C=O) groups is 1. The Kier molecular flexibility index (Phi) is 4.83. The molecule has 2 rings (SSSR count). The molecule has 0 bridgehead atoms. The molecule has 0 radical (unpaired) electrons. The van der Waals surface area contributed by atoms with E-state index in [-0.39, 0.29) is 21.9 Å². The van der Waals surface area contributed by atoms with Crippen LogP contribution < -0.4 is 11.1 Å². The van der Waals surface area contributed by atoms with Gasteiger partial charge in [0.15, 0.2) is 5.78 Å². The van der Waals surface area contributed by atoms with Gasteiger partial charge < -0.3 is 11.1 Å². The lowest BCUT2D eigenvalue weighted by Crippen LogP contribution is -2.35. The van der Waals surface area contributed by atoms with E-state index >= 15 is 0 Å². The molecule has 122 valence electrons. The average Bonchev–Trinajstić information content (AvgIpc) is 2.90. The summed E-state index contributed by atoms with van der Waals surface area (Å²) in [7, 11) is 0. The van der Waals surface area contributed by atoms with E-state index in [1.54, 1.807) is 0 Å². The summed E-state index contributed by atoms with van der Waals surface area (Å²) in [4.78, 5) is 13.0. The van der Waals surface area contributed by atoms with Crippen LogP contribution in [0.2, 0.25) is 5.02 Å². The van der Waals surface area contributed by atoms with Crippen molar-refractivity contribution in [2.75, 3.05) is 18.8 Å². The second kappa shape index (κ2) is 6.17. The number of anilines is 1. The van der Waals surface area contributed by atoms with E-state index in [1.165, 1.54) is 12.1 Å². The van der Waals surface area contributed by atoms with Gasteiger partial charge in [-0.1, -0.05) is 32.4 Å². The van der Waals surface area contributed by atoms with E-state index in [9.17, 15) is 9.18 Å². The van der Waals surface area contributed by atoms with Crippen LogP contribution >= 0.6 is 11.6 Å². The molecule has 0 unspecified atom stereocenters. The largest absolute Gasteiger partial charge is 0.395 e. The van der Waals surface area contributed by atoms with Gasteiger partial charge in [0.25, 0.3) is 0 Å². The van der Waals surface area contributed by atoms with Gasteiger partial charge >= 0.3 is 0 Å². The number of rotatable bonds is 4. The van der Waals surface area contributed by atoms with Crippen LogP contribution in [0.15, 0.2) is 12.1 Å². The fourth-order valence-electron chi connectivity index (χ4n) is 2.90. The predicted octanol–water partition coefficient (Wildman–Crippen LogP) is 4.05. The van der Waals surface area contributed by atoms with Gasteiger partial charge in [-0.15, -0.1) is 0 Å². The third-order valence-electron chi connectivity index (χ3n) is 4.42. The Balaban J connectivity index is 2.31. The van der Waals surface area contributed by atoms with Crippen LogP contribution in [0.5, 0.6) is 0 Å². The van der Waals surface area contributed by atoms with E-state index in [2.05, 4.69) is 26.1 Å². The van der Waals surface area contributed by atoms with Gasteiger partial charge in [0.2, 0.25) is 0 Å². The number of halogens is 2. The molecule has 3 nitrogen and oxygen atoms in total. The normalized spacial score (nSPS) is 22.0. The first-order valence-electron chi connectivity index (χ1n) is 7.65. The number of hydrogen-bond acceptors (Lipinski definition) is 3. The maximum Gasteiger partial charge on any atom is 0.170 e. The molecule has 1 heterocycles. The minimum atomic E-state index is -0.632. The van der Waals surface area contributed by atoms with Gasteiger partial charge in [0.05, 0.1) is 10.7 Å². The highest BCUT2D eigenvalue weighted by Gasteiger charge is 2.42. The maximum atomic E-state index is 13.8. The van der Waals surface area contributed by atoms with Gasteiger partial charge in [0.1, 0.15) is 5.82 Å². The Hall–Kier alpha value is -1.13. The highest BCUT2D eigenvalue weighted by molar-refractivity contribution is 6.33. The Morgan fingerprint density at radius 3 is 2.64 bits per heavy atom. The van der Waals surface area contributed by atoms with Crippen LogP contribution in [0.4, 0.5) is 10.1 Å². The number of Topliss-reactive ketones (excluding diaryl/α,β-unsaturated/α-hetero) is 1. The first kappa shape index (κ1) is 17.2. The van der Waals surface area contributed by atoms with Crippen LogP contribution in [-0.4, -0.2) is 18.9 Å². The molecule has 3 N–H and O–H groups in total. The molecule has 1 fully saturated rings. The molecular weight excluding hydrogens is 303 g/mol. The number of hydrogen-bond donors (Lipinski definition) is 2. The standard InChI is InChI=1S/C17H24ClFN2O/c1-16(2,3)4-5-17(6-7-21-10-17)15(22)11-8-12(18)14(20)13(19)9-11/h8-9,21H,4-7,10,20H2,1-3H3/t17-/m1/s1. The summed E-state index contributed by atoms with van der Waals surface area (Å²) in [6.07, 6.45) is 2.49. The van der Waals surface area contributed by atoms with E-state index in [4.69, 9.17) is 17.3 Å². The minimum absolute atomic E-state index is 0.0393. The quantitative estimate of drug-likeness (QED) is 0.648. The van der Waals surface area contributed by atoms with Crippen molar-refractivity contribution in [2.24, 2.45) is 10.8 Å². The second-order valence-corrected chi connectivity index (χ2v) is 7.86. The molecule has 0 amide bonds. The number of benzene rings is 1. The van der Waals surface area contributed by atoms with Gasteiger partial charge in [-0.25, -0.2) is 4.39 Å². The van der Waals surface area contributed by atoms with Gasteiger partial charge in [-0.3, -0.25) is 4.79 Å². The fraction of sp³-hybridized carbons (Fsp3) is 0.588. The zero-order valence-corrected chi connectivity index (χ0v) is 14.2. The van der Waals surface area contributed by atoms with Crippen molar-refractivity contribution in [1.82, 2.24) is 5.32 Å². The lowest BCUT2D eigenvalue weighted by Gasteiger charge is -2.30. The molecular formula is C17H24ClFN2O. The first-order chi connectivity index (χ1) is 10.1. The predicted molar refractivity (Wildman–Crippen MR) is 88.8 cm³/mol. The molecule has 1 aliphatic rings. The molecule has 1 saturated heterocycles. The van der Waals surface area contributed by atoms with E-state index in [0.29, 0.717) is 12.1 Å². The van der Waals surface area contributed by atoms with Crippen molar-refractivity contribution >= 4 is 23.1 Å². The highest BCUT2D eigenvalue weighted by Crippen LogP contribution is 2.39. The van der Waals surface area contributed by atoms with Crippen LogP contribution in [0.1, 0.15) is 50.4 Å². The van der Waals surface area contributed by atoms with Crippen molar-refractivity contribution in [2.45, 2.75) is 40.0 Å². The Morgan fingerprint density at radius 2 is 2.14 bits per heavy atom. The molecule has 0 aliphatic carbocycles. The lowest BCUT2D eigenvalue weighted by atomic mass is 9.72. The van der Waals surface area contributed by atoms with Gasteiger partial charge in [0, 0.05) is 17.5 Å².